The average molecular weight is 197 g/mol. The van der Waals surface area contributed by atoms with Gasteiger partial charge in [-0.25, -0.2) is 0 Å². The molecule has 0 heterocycles. The van der Waals surface area contributed by atoms with Gasteiger partial charge in [0, 0.05) is 0 Å². The van der Waals surface area contributed by atoms with Crippen LogP contribution in [-0.2, 0) is 4.43 Å². The number of allylic oxidation sites excluding steroid dienone is 1. The zero-order valence-corrected chi connectivity index (χ0v) is 10.5. The van der Waals surface area contributed by atoms with Crippen LogP contribution in [0.2, 0.25) is 18.1 Å². The molecule has 0 saturated heterocycles. The van der Waals surface area contributed by atoms with E-state index in [-0.39, 0.29) is 0 Å². The van der Waals surface area contributed by atoms with Gasteiger partial charge >= 0.3 is 0 Å². The van der Waals surface area contributed by atoms with Crippen LogP contribution in [0, 0.1) is 6.10 Å². The van der Waals surface area contributed by atoms with E-state index in [1.807, 2.05) is 0 Å². The first-order valence-electron chi connectivity index (χ1n) is 5.04. The van der Waals surface area contributed by atoms with Gasteiger partial charge in [-0.3, -0.25) is 0 Å². The first kappa shape index (κ1) is 11.0. The Morgan fingerprint density at radius 2 is 1.92 bits per heavy atom. The van der Waals surface area contributed by atoms with Crippen LogP contribution in [0.3, 0.4) is 0 Å². The van der Waals surface area contributed by atoms with Crippen molar-refractivity contribution in [2.24, 2.45) is 0 Å². The SMILES string of the molecule is CC(C)(C)[Si](C)(C)O[C]1C=CCC1. The van der Waals surface area contributed by atoms with Crippen molar-refractivity contribution in [2.75, 3.05) is 0 Å². The first-order valence-corrected chi connectivity index (χ1v) is 7.95. The second-order valence-corrected chi connectivity index (χ2v) is 9.99. The maximum absolute atomic E-state index is 6.13. The molecule has 1 aliphatic rings. The van der Waals surface area contributed by atoms with Gasteiger partial charge in [0.1, 0.15) is 6.10 Å². The molecule has 0 aromatic heterocycles. The van der Waals surface area contributed by atoms with Gasteiger partial charge in [-0.15, -0.1) is 0 Å². The van der Waals surface area contributed by atoms with Crippen molar-refractivity contribution in [1.29, 1.82) is 0 Å². The lowest BCUT2D eigenvalue weighted by atomic mass is 10.2. The molecule has 13 heavy (non-hydrogen) atoms. The van der Waals surface area contributed by atoms with Crippen LogP contribution in [0.25, 0.3) is 0 Å². The fraction of sp³-hybridized carbons (Fsp3) is 0.727. The Bertz CT molecular complexity index is 201. The smallest absolute Gasteiger partial charge is 0.193 e. The maximum atomic E-state index is 6.13. The topological polar surface area (TPSA) is 9.23 Å². The summed E-state index contributed by atoms with van der Waals surface area (Å²) < 4.78 is 6.13. The molecule has 0 atom stereocenters. The average Bonchev–Trinajstić information content (AvgIpc) is 2.35. The molecule has 0 fully saturated rings. The van der Waals surface area contributed by atoms with Gasteiger partial charge in [0.25, 0.3) is 0 Å². The molecule has 1 nitrogen and oxygen atoms in total. The third kappa shape index (κ3) is 2.68. The molecule has 0 aromatic carbocycles. The summed E-state index contributed by atoms with van der Waals surface area (Å²) >= 11 is 0. The predicted octanol–water partition coefficient (Wildman–Crippen LogP) is 3.89. The normalized spacial score (nSPS) is 19.8. The molecule has 0 bridgehead atoms. The maximum Gasteiger partial charge on any atom is 0.193 e. The van der Waals surface area contributed by atoms with Gasteiger partial charge in [0.2, 0.25) is 0 Å². The summed E-state index contributed by atoms with van der Waals surface area (Å²) in [7, 11) is -1.56. The predicted molar refractivity (Wildman–Crippen MR) is 59.9 cm³/mol. The minimum Gasteiger partial charge on any atom is -0.405 e. The standard InChI is InChI=1S/C11H21OSi/c1-11(2,3)13(4,5)12-10-8-6-7-9-10/h6,8H,7,9H2,1-5H3. The summed E-state index contributed by atoms with van der Waals surface area (Å²) in [6.07, 6.45) is 7.80. The molecule has 0 aromatic rings. The Kier molecular flexibility index (Phi) is 3.03. The van der Waals surface area contributed by atoms with Crippen LogP contribution >= 0.6 is 0 Å². The monoisotopic (exact) mass is 197 g/mol. The molecule has 1 radical (unpaired) electrons. The third-order valence-corrected chi connectivity index (χ3v) is 7.44. The lowest BCUT2D eigenvalue weighted by Crippen LogP contribution is -2.41. The molecule has 1 rings (SSSR count). The Morgan fingerprint density at radius 1 is 1.31 bits per heavy atom. The zero-order valence-electron chi connectivity index (χ0n) is 9.48. The lowest BCUT2D eigenvalue weighted by molar-refractivity contribution is 0.317. The second kappa shape index (κ2) is 3.58. The quantitative estimate of drug-likeness (QED) is 0.610. The van der Waals surface area contributed by atoms with Crippen molar-refractivity contribution < 1.29 is 4.43 Å². The van der Waals surface area contributed by atoms with Crippen molar-refractivity contribution in [3.05, 3.63) is 18.3 Å². The van der Waals surface area contributed by atoms with E-state index in [2.05, 4.69) is 46.0 Å². The molecular formula is C11H21OSi. The molecule has 0 aliphatic heterocycles. The van der Waals surface area contributed by atoms with Crippen LogP contribution in [0.15, 0.2) is 12.2 Å². The Hall–Kier alpha value is -0.0831. The van der Waals surface area contributed by atoms with Gasteiger partial charge in [-0.1, -0.05) is 32.9 Å². The van der Waals surface area contributed by atoms with E-state index >= 15 is 0 Å². The highest BCUT2D eigenvalue weighted by Gasteiger charge is 2.39. The summed E-state index contributed by atoms with van der Waals surface area (Å²) in [5.74, 6) is 0. The van der Waals surface area contributed by atoms with Crippen LogP contribution in [0.1, 0.15) is 33.6 Å². The summed E-state index contributed by atoms with van der Waals surface area (Å²) in [5.41, 5.74) is 0. The minimum atomic E-state index is -1.56. The highest BCUT2D eigenvalue weighted by Crippen LogP contribution is 2.40. The molecule has 2 heteroatoms. The summed E-state index contributed by atoms with van der Waals surface area (Å²) in [4.78, 5) is 0. The molecule has 0 amide bonds. The van der Waals surface area contributed by atoms with E-state index in [0.29, 0.717) is 5.04 Å². The molecule has 0 spiro atoms. The van der Waals surface area contributed by atoms with Crippen molar-refractivity contribution in [3.63, 3.8) is 0 Å². The van der Waals surface area contributed by atoms with Crippen LogP contribution in [-0.4, -0.2) is 8.32 Å². The fourth-order valence-electron chi connectivity index (χ4n) is 1.09. The number of hydrogen-bond acceptors (Lipinski definition) is 1. The molecule has 1 aliphatic carbocycles. The molecule has 0 unspecified atom stereocenters. The van der Waals surface area contributed by atoms with Crippen molar-refractivity contribution in [2.45, 2.75) is 51.7 Å². The van der Waals surface area contributed by atoms with E-state index < -0.39 is 8.32 Å². The Balaban J connectivity index is 2.55. The Labute approximate surface area is 83.3 Å². The van der Waals surface area contributed by atoms with Gasteiger partial charge in [0.15, 0.2) is 8.32 Å². The van der Waals surface area contributed by atoms with E-state index in [1.165, 1.54) is 6.10 Å². The fourth-order valence-corrected chi connectivity index (χ4v) is 2.22. The number of rotatable bonds is 2. The van der Waals surface area contributed by atoms with E-state index in [1.54, 1.807) is 0 Å². The van der Waals surface area contributed by atoms with E-state index in [4.69, 9.17) is 4.43 Å². The van der Waals surface area contributed by atoms with Crippen LogP contribution in [0.5, 0.6) is 0 Å². The second-order valence-electron chi connectivity index (χ2n) is 5.27. The first-order chi connectivity index (χ1) is 5.83. The van der Waals surface area contributed by atoms with Crippen LogP contribution < -0.4 is 0 Å². The van der Waals surface area contributed by atoms with Gasteiger partial charge < -0.3 is 4.43 Å². The minimum absolute atomic E-state index is 0.316. The lowest BCUT2D eigenvalue weighted by Gasteiger charge is -2.37. The van der Waals surface area contributed by atoms with E-state index in [0.717, 1.165) is 12.8 Å². The third-order valence-electron chi connectivity index (χ3n) is 3.05. The summed E-state index contributed by atoms with van der Waals surface area (Å²) in [6.45, 7) is 11.4. The molecular weight excluding hydrogens is 176 g/mol. The van der Waals surface area contributed by atoms with Gasteiger partial charge in [0.05, 0.1) is 0 Å². The Morgan fingerprint density at radius 3 is 2.31 bits per heavy atom. The zero-order chi connectivity index (χ0) is 10.1. The van der Waals surface area contributed by atoms with Gasteiger partial charge in [-0.2, -0.15) is 0 Å². The van der Waals surface area contributed by atoms with Crippen molar-refractivity contribution >= 4 is 8.32 Å². The molecule has 0 N–H and O–H groups in total. The summed E-state index contributed by atoms with van der Waals surface area (Å²) in [5, 5.41) is 0.316. The molecule has 0 saturated carbocycles. The molecule has 75 valence electrons. The van der Waals surface area contributed by atoms with Gasteiger partial charge in [-0.05, 0) is 31.0 Å². The van der Waals surface area contributed by atoms with Crippen molar-refractivity contribution in [1.82, 2.24) is 0 Å². The van der Waals surface area contributed by atoms with E-state index in [9.17, 15) is 0 Å². The highest BCUT2D eigenvalue weighted by atomic mass is 28.4. The highest BCUT2D eigenvalue weighted by molar-refractivity contribution is 6.74. The van der Waals surface area contributed by atoms with Crippen LogP contribution in [0.4, 0.5) is 0 Å². The number of hydrogen-bond donors (Lipinski definition) is 0. The summed E-state index contributed by atoms with van der Waals surface area (Å²) in [6, 6.07) is 0. The largest absolute Gasteiger partial charge is 0.405 e. The van der Waals surface area contributed by atoms with Crippen molar-refractivity contribution in [3.8, 4) is 0 Å².